The van der Waals surface area contributed by atoms with Crippen molar-refractivity contribution in [2.75, 3.05) is 13.3 Å². The van der Waals surface area contributed by atoms with E-state index in [0.29, 0.717) is 0 Å². The van der Waals surface area contributed by atoms with Crippen LogP contribution in [0.4, 0.5) is 0 Å². The number of unbranched alkanes of at least 4 members (excludes halogenated alkanes) is 5. The minimum atomic E-state index is 0.732. The first-order valence-corrected chi connectivity index (χ1v) is 8.42. The zero-order chi connectivity index (χ0) is 14.9. The molecular weight excluding hydrogens is 258 g/mol. The van der Waals surface area contributed by atoms with E-state index in [9.17, 15) is 0 Å². The molecule has 2 rings (SSSR count). The number of benzene rings is 1. The summed E-state index contributed by atoms with van der Waals surface area (Å²) in [6, 6.07) is 6.47. The average molecular weight is 287 g/mol. The molecule has 21 heavy (non-hydrogen) atoms. The molecule has 1 aromatic rings. The number of hydrogen-bond acceptors (Lipinski definition) is 2. The van der Waals surface area contributed by atoms with Crippen molar-refractivity contribution in [3.63, 3.8) is 0 Å². The smallest absolute Gasteiger partial charge is 0.142 e. The van der Waals surface area contributed by atoms with Crippen molar-refractivity contribution in [1.29, 1.82) is 0 Å². The van der Waals surface area contributed by atoms with Gasteiger partial charge in [0.25, 0.3) is 0 Å². The number of hydrogen-bond donors (Lipinski definition) is 0. The summed E-state index contributed by atoms with van der Waals surface area (Å²) in [6.07, 6.45) is 10.9. The molecule has 0 radical (unpaired) electrons. The third-order valence-electron chi connectivity index (χ3n) is 4.16. The molecule has 1 aromatic carbocycles. The Hall–Kier alpha value is -1.28. The lowest BCUT2D eigenvalue weighted by atomic mass is 10.0. The molecule has 0 aromatic heterocycles. The summed E-state index contributed by atoms with van der Waals surface area (Å²) in [4.78, 5) is 2.42. The molecular formula is C19H29NO. The maximum Gasteiger partial charge on any atom is 0.142 e. The Morgan fingerprint density at radius 2 is 2.00 bits per heavy atom. The molecule has 0 atom stereocenters. The molecule has 0 amide bonds. The van der Waals surface area contributed by atoms with Gasteiger partial charge in [0.15, 0.2) is 0 Å². The van der Waals surface area contributed by atoms with Gasteiger partial charge in [-0.25, -0.2) is 0 Å². The Morgan fingerprint density at radius 3 is 2.81 bits per heavy atom. The lowest BCUT2D eigenvalue weighted by Gasteiger charge is -2.30. The van der Waals surface area contributed by atoms with E-state index >= 15 is 0 Å². The third kappa shape index (κ3) is 4.89. The fourth-order valence-electron chi connectivity index (χ4n) is 2.97. The molecule has 1 aliphatic heterocycles. The second-order valence-corrected chi connectivity index (χ2v) is 5.99. The normalized spacial score (nSPS) is 14.5. The van der Waals surface area contributed by atoms with Crippen LogP contribution in [0.3, 0.4) is 0 Å². The molecule has 116 valence electrons. The van der Waals surface area contributed by atoms with Crippen LogP contribution in [0.2, 0.25) is 0 Å². The van der Waals surface area contributed by atoms with Crippen LogP contribution in [-0.4, -0.2) is 18.2 Å². The molecule has 0 aliphatic carbocycles. The van der Waals surface area contributed by atoms with Crippen LogP contribution < -0.4 is 4.74 Å². The topological polar surface area (TPSA) is 12.5 Å². The van der Waals surface area contributed by atoms with Crippen LogP contribution in [0.15, 0.2) is 30.9 Å². The number of nitrogens with zero attached hydrogens (tertiary/aromatic N) is 1. The lowest BCUT2D eigenvalue weighted by molar-refractivity contribution is 0.0926. The summed E-state index contributed by atoms with van der Waals surface area (Å²) in [6.45, 7) is 9.00. The summed E-state index contributed by atoms with van der Waals surface area (Å²) in [5.74, 6) is 1.09. The molecule has 2 nitrogen and oxygen atoms in total. The zero-order valence-corrected chi connectivity index (χ0v) is 13.4. The van der Waals surface area contributed by atoms with E-state index in [0.717, 1.165) is 32.0 Å². The van der Waals surface area contributed by atoms with E-state index in [4.69, 9.17) is 4.74 Å². The molecule has 0 saturated carbocycles. The molecule has 0 bridgehead atoms. The minimum Gasteiger partial charge on any atom is -0.477 e. The van der Waals surface area contributed by atoms with Crippen molar-refractivity contribution in [1.82, 2.24) is 4.90 Å². The Morgan fingerprint density at radius 1 is 1.19 bits per heavy atom. The second kappa shape index (κ2) is 8.89. The molecule has 0 fully saturated rings. The fourth-order valence-corrected chi connectivity index (χ4v) is 2.97. The average Bonchev–Trinajstić information content (AvgIpc) is 2.51. The van der Waals surface area contributed by atoms with Gasteiger partial charge < -0.3 is 4.74 Å². The molecule has 0 spiro atoms. The van der Waals surface area contributed by atoms with Crippen LogP contribution in [0.1, 0.15) is 56.6 Å². The third-order valence-corrected chi connectivity index (χ3v) is 4.16. The van der Waals surface area contributed by atoms with Gasteiger partial charge in [-0.05, 0) is 18.4 Å². The van der Waals surface area contributed by atoms with Crippen LogP contribution in [0.25, 0.3) is 0 Å². The highest BCUT2D eigenvalue weighted by molar-refractivity contribution is 5.43. The van der Waals surface area contributed by atoms with Crippen LogP contribution >= 0.6 is 0 Å². The summed E-state index contributed by atoms with van der Waals surface area (Å²) in [7, 11) is 0. The Kier molecular flexibility index (Phi) is 6.81. The van der Waals surface area contributed by atoms with Gasteiger partial charge in [0.2, 0.25) is 0 Å². The molecule has 0 unspecified atom stereocenters. The van der Waals surface area contributed by atoms with E-state index in [-0.39, 0.29) is 0 Å². The maximum atomic E-state index is 5.99. The van der Waals surface area contributed by atoms with E-state index < -0.39 is 0 Å². The van der Waals surface area contributed by atoms with Crippen molar-refractivity contribution >= 4 is 0 Å². The van der Waals surface area contributed by atoms with Crippen molar-refractivity contribution in [3.8, 4) is 5.75 Å². The Balaban J connectivity index is 1.77. The Labute approximate surface area is 129 Å². The molecule has 0 N–H and O–H groups in total. The molecule has 1 aliphatic rings. The zero-order valence-electron chi connectivity index (χ0n) is 13.4. The van der Waals surface area contributed by atoms with Crippen LogP contribution in [0.5, 0.6) is 5.75 Å². The SMILES string of the molecule is C=CCc1cccc2c1OCN(CCCCCCCC)C2. The van der Waals surface area contributed by atoms with Crippen LogP contribution in [-0.2, 0) is 13.0 Å². The number of fused-ring (bicyclic) bond motifs is 1. The molecule has 2 heteroatoms. The van der Waals surface area contributed by atoms with E-state index in [2.05, 4.69) is 36.6 Å². The summed E-state index contributed by atoms with van der Waals surface area (Å²) < 4.78 is 5.99. The van der Waals surface area contributed by atoms with Crippen LogP contribution in [0, 0.1) is 0 Å². The van der Waals surface area contributed by atoms with Gasteiger partial charge >= 0.3 is 0 Å². The highest BCUT2D eigenvalue weighted by Gasteiger charge is 2.18. The number of ether oxygens (including phenoxy) is 1. The number of para-hydroxylation sites is 1. The summed E-state index contributed by atoms with van der Waals surface area (Å²) >= 11 is 0. The summed E-state index contributed by atoms with van der Waals surface area (Å²) in [5.41, 5.74) is 2.59. The maximum absolute atomic E-state index is 5.99. The number of rotatable bonds is 9. The fraction of sp³-hybridized carbons (Fsp3) is 0.579. The minimum absolute atomic E-state index is 0.732. The van der Waals surface area contributed by atoms with Crippen molar-refractivity contribution in [3.05, 3.63) is 42.0 Å². The summed E-state index contributed by atoms with van der Waals surface area (Å²) in [5, 5.41) is 0. The first-order chi connectivity index (χ1) is 10.3. The monoisotopic (exact) mass is 287 g/mol. The first kappa shape index (κ1) is 16.1. The van der Waals surface area contributed by atoms with Crippen molar-refractivity contribution in [2.45, 2.75) is 58.4 Å². The van der Waals surface area contributed by atoms with Gasteiger partial charge in [0.05, 0.1) is 0 Å². The predicted molar refractivity (Wildman–Crippen MR) is 89.6 cm³/mol. The Bertz CT molecular complexity index is 441. The second-order valence-electron chi connectivity index (χ2n) is 5.99. The predicted octanol–water partition coefficient (Wildman–Crippen LogP) is 4.93. The van der Waals surface area contributed by atoms with Crippen molar-refractivity contribution in [2.24, 2.45) is 0 Å². The first-order valence-electron chi connectivity index (χ1n) is 8.42. The van der Waals surface area contributed by atoms with Crippen molar-refractivity contribution < 1.29 is 4.74 Å². The molecule has 1 heterocycles. The quantitative estimate of drug-likeness (QED) is 0.472. The highest BCUT2D eigenvalue weighted by Crippen LogP contribution is 2.29. The van der Waals surface area contributed by atoms with E-state index in [1.54, 1.807) is 0 Å². The van der Waals surface area contributed by atoms with Gasteiger partial charge in [-0.1, -0.05) is 63.3 Å². The van der Waals surface area contributed by atoms with E-state index in [1.165, 1.54) is 49.7 Å². The lowest BCUT2D eigenvalue weighted by Crippen LogP contribution is -2.33. The highest BCUT2D eigenvalue weighted by atomic mass is 16.5. The van der Waals surface area contributed by atoms with Gasteiger partial charge in [-0.15, -0.1) is 6.58 Å². The number of allylic oxidation sites excluding steroid dienone is 1. The van der Waals surface area contributed by atoms with E-state index in [1.807, 2.05) is 6.08 Å². The standard InChI is InChI=1S/C19H29NO/c1-3-5-6-7-8-9-14-20-15-18-13-10-12-17(11-4-2)19(18)21-16-20/h4,10,12-13H,2-3,5-9,11,14-16H2,1H3. The van der Waals surface area contributed by atoms with Gasteiger partial charge in [0.1, 0.15) is 12.5 Å². The van der Waals surface area contributed by atoms with Gasteiger partial charge in [-0.2, -0.15) is 0 Å². The van der Waals surface area contributed by atoms with Gasteiger partial charge in [0, 0.05) is 18.7 Å². The van der Waals surface area contributed by atoms with Gasteiger partial charge in [-0.3, -0.25) is 4.90 Å². The molecule has 0 saturated heterocycles. The largest absolute Gasteiger partial charge is 0.477 e.